The van der Waals surface area contributed by atoms with Crippen molar-refractivity contribution in [1.82, 2.24) is 9.97 Å². The van der Waals surface area contributed by atoms with Gasteiger partial charge in [-0.2, -0.15) is 0 Å². The largest absolute Gasteiger partial charge is 0.337 e. The smallest absolute Gasteiger partial charge is 0.157 e. The summed E-state index contributed by atoms with van der Waals surface area (Å²) in [5.41, 5.74) is 10.9. The van der Waals surface area contributed by atoms with Crippen molar-refractivity contribution in [3.05, 3.63) is 133 Å². The molecule has 5 heterocycles. The number of nitrogens with zero attached hydrogens (tertiary/aromatic N) is 6. The summed E-state index contributed by atoms with van der Waals surface area (Å²) in [7, 11) is 2.20. The summed E-state index contributed by atoms with van der Waals surface area (Å²) in [4.78, 5) is 19.3. The van der Waals surface area contributed by atoms with Crippen LogP contribution in [0.15, 0.2) is 122 Å². The minimum absolute atomic E-state index is 0.00497. The van der Waals surface area contributed by atoms with E-state index in [1.54, 1.807) is 6.33 Å². The monoisotopic (exact) mass is 546 g/mol. The van der Waals surface area contributed by atoms with Crippen LogP contribution in [-0.4, -0.2) is 29.3 Å². The van der Waals surface area contributed by atoms with E-state index in [0.717, 1.165) is 17.9 Å². The normalized spacial score (nSPS) is 23.1. The molecule has 6 heteroatoms. The maximum Gasteiger partial charge on any atom is 0.157 e. The van der Waals surface area contributed by atoms with Gasteiger partial charge >= 0.3 is 0 Å². The number of rotatable bonds is 1. The van der Waals surface area contributed by atoms with Crippen molar-refractivity contribution in [2.75, 3.05) is 26.6 Å². The highest BCUT2D eigenvalue weighted by molar-refractivity contribution is 5.93. The summed E-state index contributed by atoms with van der Waals surface area (Å²) < 4.78 is 0. The predicted octanol–water partition coefficient (Wildman–Crippen LogP) is 7.84. The molecule has 4 aromatic carbocycles. The molecule has 0 amide bonds. The number of hydrogen-bond donors (Lipinski definition) is 0. The lowest BCUT2D eigenvalue weighted by Gasteiger charge is -2.53. The molecule has 0 radical (unpaired) electrons. The van der Waals surface area contributed by atoms with E-state index in [2.05, 4.69) is 135 Å². The zero-order valence-corrected chi connectivity index (χ0v) is 23.4. The van der Waals surface area contributed by atoms with Gasteiger partial charge in [-0.15, -0.1) is 0 Å². The topological polar surface area (TPSA) is 38.7 Å². The van der Waals surface area contributed by atoms with Gasteiger partial charge in [0.15, 0.2) is 5.82 Å². The van der Waals surface area contributed by atoms with E-state index >= 15 is 0 Å². The third kappa shape index (κ3) is 3.04. The van der Waals surface area contributed by atoms with E-state index in [0.29, 0.717) is 0 Å². The molecular formula is C36H30N6. The average Bonchev–Trinajstić information content (AvgIpc) is 3.53. The van der Waals surface area contributed by atoms with Crippen LogP contribution in [0.25, 0.3) is 5.57 Å². The molecule has 0 saturated heterocycles. The standard InChI is InChI=1S/C36H30N6/c1-23-20-27-26-15-7-9-17-29(26)42-32-21-37-22-38-34(32)39(2)35(42)33(27)36-40(24-12-4-3-5-13-24)30-18-10-11-19-31(30)41(36)28-16-8-6-14-25(23)28/h3-19,21-22,27,33,35-36H,1,20H2,2H3. The number of aromatic nitrogens is 2. The number of para-hydroxylation sites is 5. The van der Waals surface area contributed by atoms with Gasteiger partial charge in [0, 0.05) is 35.8 Å². The van der Waals surface area contributed by atoms with Crippen LogP contribution in [-0.2, 0) is 0 Å². The van der Waals surface area contributed by atoms with Gasteiger partial charge in [0.25, 0.3) is 0 Å². The molecule has 6 nitrogen and oxygen atoms in total. The molecule has 4 atom stereocenters. The molecule has 4 aliphatic heterocycles. The van der Waals surface area contributed by atoms with Crippen LogP contribution >= 0.6 is 0 Å². The number of fused-ring (bicyclic) bond motifs is 14. The molecule has 0 spiro atoms. The predicted molar refractivity (Wildman–Crippen MR) is 170 cm³/mol. The van der Waals surface area contributed by atoms with E-state index in [-0.39, 0.29) is 24.2 Å². The highest BCUT2D eigenvalue weighted by Crippen LogP contribution is 2.61. The molecule has 0 fully saturated rings. The molecule has 4 unspecified atom stereocenters. The summed E-state index contributed by atoms with van der Waals surface area (Å²) in [5.74, 6) is 1.35. The summed E-state index contributed by atoms with van der Waals surface area (Å²) in [6.45, 7) is 4.72. The van der Waals surface area contributed by atoms with Crippen LogP contribution in [0, 0.1) is 5.92 Å². The van der Waals surface area contributed by atoms with Crippen LogP contribution in [0.3, 0.4) is 0 Å². The molecule has 204 valence electrons. The molecular weight excluding hydrogens is 516 g/mol. The Morgan fingerprint density at radius 2 is 1.31 bits per heavy atom. The highest BCUT2D eigenvalue weighted by atomic mass is 15.5. The first-order valence-electron chi connectivity index (χ1n) is 14.6. The number of anilines is 7. The van der Waals surface area contributed by atoms with Crippen molar-refractivity contribution >= 4 is 45.5 Å². The first-order chi connectivity index (χ1) is 20.7. The fourth-order valence-corrected chi connectivity index (χ4v) is 8.07. The third-order valence-electron chi connectivity index (χ3n) is 9.65. The molecule has 42 heavy (non-hydrogen) atoms. The van der Waals surface area contributed by atoms with Gasteiger partial charge in [-0.05, 0) is 54.0 Å². The first-order valence-corrected chi connectivity index (χ1v) is 14.6. The van der Waals surface area contributed by atoms with E-state index in [1.807, 2.05) is 6.20 Å². The van der Waals surface area contributed by atoms with Crippen molar-refractivity contribution in [2.24, 2.45) is 5.92 Å². The second-order valence-electron chi connectivity index (χ2n) is 11.7. The van der Waals surface area contributed by atoms with Gasteiger partial charge in [-0.3, -0.25) is 0 Å². The zero-order chi connectivity index (χ0) is 27.9. The van der Waals surface area contributed by atoms with Gasteiger partial charge < -0.3 is 19.6 Å². The fourth-order valence-electron chi connectivity index (χ4n) is 8.07. The minimum Gasteiger partial charge on any atom is -0.337 e. The second kappa shape index (κ2) is 8.70. The van der Waals surface area contributed by atoms with Crippen molar-refractivity contribution in [3.8, 4) is 0 Å². The first kappa shape index (κ1) is 23.6. The average molecular weight is 547 g/mol. The molecule has 0 N–H and O–H groups in total. The molecule has 9 rings (SSSR count). The van der Waals surface area contributed by atoms with E-state index in [1.165, 1.54) is 45.1 Å². The van der Waals surface area contributed by atoms with Crippen LogP contribution < -0.4 is 19.6 Å². The quantitative estimate of drug-likeness (QED) is 0.213. The van der Waals surface area contributed by atoms with Gasteiger partial charge in [-0.1, -0.05) is 73.3 Å². The van der Waals surface area contributed by atoms with Gasteiger partial charge in [-0.25, -0.2) is 9.97 Å². The Bertz CT molecular complexity index is 1870. The van der Waals surface area contributed by atoms with Gasteiger partial charge in [0.1, 0.15) is 24.3 Å². The number of hydrogen-bond acceptors (Lipinski definition) is 6. The Kier molecular flexibility index (Phi) is 4.89. The Morgan fingerprint density at radius 3 is 2.12 bits per heavy atom. The summed E-state index contributed by atoms with van der Waals surface area (Å²) in [5, 5.41) is 0. The summed E-state index contributed by atoms with van der Waals surface area (Å²) in [6, 6.07) is 37.5. The number of allylic oxidation sites excluding steroid dienone is 1. The third-order valence-corrected chi connectivity index (χ3v) is 9.65. The Morgan fingerprint density at radius 1 is 0.667 bits per heavy atom. The van der Waals surface area contributed by atoms with Crippen LogP contribution in [0.2, 0.25) is 0 Å². The second-order valence-corrected chi connectivity index (χ2v) is 11.7. The Balaban J connectivity index is 1.38. The number of benzene rings is 4. The molecule has 1 aromatic heterocycles. The fraction of sp³-hybridized carbons (Fsp3) is 0.167. The van der Waals surface area contributed by atoms with E-state index in [4.69, 9.17) is 11.6 Å². The van der Waals surface area contributed by atoms with E-state index < -0.39 is 0 Å². The molecule has 0 saturated carbocycles. The molecule has 0 bridgehead atoms. The lowest BCUT2D eigenvalue weighted by Crippen LogP contribution is -2.60. The Hall–Kier alpha value is -5.10. The minimum atomic E-state index is -0.00497. The highest BCUT2D eigenvalue weighted by Gasteiger charge is 2.57. The SMILES string of the molecule is C=C1CC2c3ccccc3N3c4cncnc4N(C)C3C2C2N(c3ccccc3)c3ccccc3N2c2ccccc21. The van der Waals surface area contributed by atoms with Gasteiger partial charge in [0.05, 0.1) is 23.3 Å². The lowest BCUT2D eigenvalue weighted by atomic mass is 9.71. The summed E-state index contributed by atoms with van der Waals surface area (Å²) >= 11 is 0. The molecule has 4 aliphatic rings. The van der Waals surface area contributed by atoms with Crippen molar-refractivity contribution < 1.29 is 0 Å². The lowest BCUT2D eigenvalue weighted by molar-refractivity contribution is 0.286. The van der Waals surface area contributed by atoms with Crippen LogP contribution in [0.1, 0.15) is 23.5 Å². The van der Waals surface area contributed by atoms with Crippen molar-refractivity contribution in [1.29, 1.82) is 0 Å². The van der Waals surface area contributed by atoms with Crippen molar-refractivity contribution in [3.63, 3.8) is 0 Å². The van der Waals surface area contributed by atoms with Crippen LogP contribution in [0.5, 0.6) is 0 Å². The van der Waals surface area contributed by atoms with Crippen LogP contribution in [0.4, 0.5) is 39.9 Å². The van der Waals surface area contributed by atoms with Crippen molar-refractivity contribution in [2.45, 2.75) is 24.7 Å². The zero-order valence-electron chi connectivity index (χ0n) is 23.4. The summed E-state index contributed by atoms with van der Waals surface area (Å²) in [6.07, 6.45) is 4.55. The maximum absolute atomic E-state index is 4.80. The maximum atomic E-state index is 4.80. The van der Waals surface area contributed by atoms with E-state index in [9.17, 15) is 0 Å². The Labute approximate surface area is 245 Å². The molecule has 0 aliphatic carbocycles. The molecule has 5 aromatic rings. The van der Waals surface area contributed by atoms with Gasteiger partial charge in [0.2, 0.25) is 0 Å².